The van der Waals surface area contributed by atoms with E-state index in [1.807, 2.05) is 18.2 Å². The minimum atomic E-state index is -0.649. The molecule has 0 spiro atoms. The monoisotopic (exact) mass is 661 g/mol. The Morgan fingerprint density at radius 1 is 0.649 bits per heavy atom. The fourth-order valence-electron chi connectivity index (χ4n) is 4.52. The summed E-state index contributed by atoms with van der Waals surface area (Å²) in [6.45, 7) is 0. The van der Waals surface area contributed by atoms with Crippen molar-refractivity contribution >= 4 is 10.9 Å². The third kappa shape index (κ3) is 4.72. The van der Waals surface area contributed by atoms with Crippen LogP contribution in [-0.4, -0.2) is 9.97 Å². The van der Waals surface area contributed by atoms with Gasteiger partial charge in [-0.2, -0.15) is 0 Å². The number of aromatic nitrogens is 2. The van der Waals surface area contributed by atoms with Crippen LogP contribution in [0.3, 0.4) is 0 Å². The molecule has 0 fully saturated rings. The Morgan fingerprint density at radius 2 is 1.41 bits per heavy atom. The van der Waals surface area contributed by atoms with Gasteiger partial charge in [0, 0.05) is 43.3 Å². The average Bonchev–Trinajstić information content (AvgIpc) is 3.25. The Hall–Kier alpha value is -4.05. The van der Waals surface area contributed by atoms with E-state index in [1.165, 1.54) is 27.6 Å². The van der Waals surface area contributed by atoms with Gasteiger partial charge in [-0.05, 0) is 45.8 Å². The summed E-state index contributed by atoms with van der Waals surface area (Å²) in [5.74, 6) is -1.29. The summed E-state index contributed by atoms with van der Waals surface area (Å²) in [5, 5.41) is 1.27. The van der Waals surface area contributed by atoms with Crippen molar-refractivity contribution < 1.29 is 28.9 Å². The second kappa shape index (κ2) is 10.5. The maximum atomic E-state index is 13.2. The van der Waals surface area contributed by atoms with Crippen LogP contribution in [0, 0.1) is 23.8 Å². The molecule has 1 radical (unpaired) electrons. The van der Waals surface area contributed by atoms with Crippen molar-refractivity contribution in [3.8, 4) is 44.8 Å². The average molecular weight is 661 g/mol. The number of benzene rings is 4. The number of pyridine rings is 2. The van der Waals surface area contributed by atoms with Gasteiger partial charge in [0.15, 0.2) is 0 Å². The van der Waals surface area contributed by atoms with Gasteiger partial charge in [0.05, 0.1) is 5.52 Å². The molecule has 0 bridgehead atoms. The van der Waals surface area contributed by atoms with Crippen molar-refractivity contribution in [2.45, 2.75) is 0 Å². The second-order valence-electron chi connectivity index (χ2n) is 8.33. The Labute approximate surface area is 227 Å². The van der Waals surface area contributed by atoms with E-state index in [9.17, 15) is 8.78 Å². The summed E-state index contributed by atoms with van der Waals surface area (Å²) < 4.78 is 25.8. The Bertz CT molecular complexity index is 1700. The van der Waals surface area contributed by atoms with E-state index < -0.39 is 11.6 Å². The number of rotatable bonds is 2. The standard InChI is InChI=1S/C21H12N.C11H6F2N.Ir/c1-2-7-14(8-3-1)20-13-18-16-10-5-4-9-15(16)17-11-6-12-19(22-20)21(17)18;12-8-4-5-9(10(13)7-8)11-3-1-2-6-14-11;/h1-7,9-13H;1-4,6-7H;/q2*-1;. The zero-order valence-corrected chi connectivity index (χ0v) is 21.8. The van der Waals surface area contributed by atoms with E-state index in [0.717, 1.165) is 28.9 Å². The molecule has 0 unspecified atom stereocenters. The summed E-state index contributed by atoms with van der Waals surface area (Å²) in [7, 11) is 0. The van der Waals surface area contributed by atoms with Gasteiger partial charge in [-0.25, -0.2) is 0 Å². The molecule has 0 saturated heterocycles. The molecule has 0 N–H and O–H groups in total. The Morgan fingerprint density at radius 3 is 2.14 bits per heavy atom. The smallest absolute Gasteiger partial charge is 0.0607 e. The Balaban J connectivity index is 0.000000163. The molecule has 1 aliphatic carbocycles. The molecule has 0 saturated carbocycles. The molecule has 37 heavy (non-hydrogen) atoms. The predicted molar refractivity (Wildman–Crippen MR) is 139 cm³/mol. The molecule has 2 heterocycles. The maximum Gasteiger partial charge on any atom is 0.0607 e. The van der Waals surface area contributed by atoms with Gasteiger partial charge < -0.3 is 4.98 Å². The van der Waals surface area contributed by atoms with Crippen LogP contribution in [0.2, 0.25) is 0 Å². The first-order valence-electron chi connectivity index (χ1n) is 11.5. The second-order valence-corrected chi connectivity index (χ2v) is 8.33. The first-order chi connectivity index (χ1) is 17.7. The molecule has 7 rings (SSSR count). The zero-order chi connectivity index (χ0) is 24.5. The van der Waals surface area contributed by atoms with E-state index in [1.54, 1.807) is 24.4 Å². The molecule has 4 aromatic carbocycles. The fraction of sp³-hybridized carbons (Fsp3) is 0. The van der Waals surface area contributed by atoms with Crippen LogP contribution in [0.1, 0.15) is 0 Å². The number of nitrogens with zero attached hydrogens (tertiary/aromatic N) is 2. The summed E-state index contributed by atoms with van der Waals surface area (Å²) in [5.41, 5.74) is 8.89. The van der Waals surface area contributed by atoms with Gasteiger partial charge in [-0.15, -0.1) is 48.0 Å². The number of halogens is 2. The van der Waals surface area contributed by atoms with Crippen LogP contribution in [-0.2, 0) is 20.1 Å². The van der Waals surface area contributed by atoms with Gasteiger partial charge in [0.25, 0.3) is 0 Å². The summed E-state index contributed by atoms with van der Waals surface area (Å²) in [4.78, 5) is 8.80. The minimum absolute atomic E-state index is 0. The maximum absolute atomic E-state index is 13.2. The van der Waals surface area contributed by atoms with Gasteiger partial charge in [-0.1, -0.05) is 66.2 Å². The van der Waals surface area contributed by atoms with Gasteiger partial charge in [0.2, 0.25) is 0 Å². The molecule has 0 atom stereocenters. The summed E-state index contributed by atoms with van der Waals surface area (Å²) in [6, 6.07) is 38.0. The van der Waals surface area contributed by atoms with Crippen molar-refractivity contribution in [3.05, 3.63) is 133 Å². The third-order valence-electron chi connectivity index (χ3n) is 6.11. The summed E-state index contributed by atoms with van der Waals surface area (Å²) in [6.07, 6.45) is 1.55. The number of hydrogen-bond acceptors (Lipinski definition) is 2. The van der Waals surface area contributed by atoms with Crippen LogP contribution in [0.15, 0.2) is 109 Å². The molecular weight excluding hydrogens is 643 g/mol. The fourth-order valence-corrected chi connectivity index (χ4v) is 4.52. The molecular formula is C32H18F2IrN2-2. The minimum Gasteiger partial charge on any atom is -0.305 e. The van der Waals surface area contributed by atoms with Crippen molar-refractivity contribution in [3.63, 3.8) is 0 Å². The molecule has 2 aromatic heterocycles. The van der Waals surface area contributed by atoms with Crippen LogP contribution < -0.4 is 0 Å². The zero-order valence-electron chi connectivity index (χ0n) is 19.4. The van der Waals surface area contributed by atoms with Gasteiger partial charge in [-0.3, -0.25) is 13.8 Å². The molecule has 6 aromatic rings. The van der Waals surface area contributed by atoms with Crippen LogP contribution in [0.25, 0.3) is 55.7 Å². The van der Waals surface area contributed by atoms with Crippen molar-refractivity contribution in [1.82, 2.24) is 9.97 Å². The van der Waals surface area contributed by atoms with Crippen LogP contribution >= 0.6 is 0 Å². The van der Waals surface area contributed by atoms with Crippen molar-refractivity contribution in [1.29, 1.82) is 0 Å². The first-order valence-corrected chi connectivity index (χ1v) is 11.5. The molecule has 181 valence electrons. The quantitative estimate of drug-likeness (QED) is 0.175. The van der Waals surface area contributed by atoms with E-state index in [-0.39, 0.29) is 25.7 Å². The largest absolute Gasteiger partial charge is 0.305 e. The van der Waals surface area contributed by atoms with Crippen LogP contribution in [0.5, 0.6) is 0 Å². The van der Waals surface area contributed by atoms with E-state index in [4.69, 9.17) is 4.98 Å². The normalized spacial score (nSPS) is 10.8. The summed E-state index contributed by atoms with van der Waals surface area (Å²) >= 11 is 0. The molecule has 1 aliphatic rings. The first kappa shape index (κ1) is 24.6. The molecule has 0 aliphatic heterocycles. The molecule has 2 nitrogen and oxygen atoms in total. The van der Waals surface area contributed by atoms with Gasteiger partial charge in [0.1, 0.15) is 0 Å². The van der Waals surface area contributed by atoms with Crippen LogP contribution in [0.4, 0.5) is 8.78 Å². The SMILES string of the molecule is Fc1c[c-]c(-c2ccccn2)c(F)c1.[Ir].[c-]1ccccc1-c1cc2c3c(cccc3n1)-c1ccccc1-2. The topological polar surface area (TPSA) is 25.8 Å². The van der Waals surface area contributed by atoms with Crippen molar-refractivity contribution in [2.75, 3.05) is 0 Å². The number of hydrogen-bond donors (Lipinski definition) is 0. The third-order valence-corrected chi connectivity index (χ3v) is 6.11. The Kier molecular flexibility index (Phi) is 7.00. The molecule has 0 amide bonds. The van der Waals surface area contributed by atoms with Gasteiger partial charge >= 0.3 is 0 Å². The van der Waals surface area contributed by atoms with E-state index in [0.29, 0.717) is 5.69 Å². The predicted octanol–water partition coefficient (Wildman–Crippen LogP) is 8.17. The molecule has 5 heteroatoms. The van der Waals surface area contributed by atoms with E-state index >= 15 is 0 Å². The number of fused-ring (bicyclic) bond motifs is 3. The van der Waals surface area contributed by atoms with Crippen molar-refractivity contribution in [2.24, 2.45) is 0 Å². The van der Waals surface area contributed by atoms with E-state index in [2.05, 4.69) is 71.7 Å².